The Hall–Kier alpha value is -1.75. The number of ether oxygens (including phenoxy) is 1. The fourth-order valence-electron chi connectivity index (χ4n) is 4.74. The van der Waals surface area contributed by atoms with Gasteiger partial charge in [-0.25, -0.2) is 0 Å². The van der Waals surface area contributed by atoms with Gasteiger partial charge in [0.05, 0.1) is 7.11 Å². The zero-order chi connectivity index (χ0) is 20.0. The third-order valence-corrected chi connectivity index (χ3v) is 6.50. The van der Waals surface area contributed by atoms with E-state index in [1.54, 1.807) is 7.11 Å². The Labute approximate surface area is 170 Å². The molecule has 1 saturated heterocycles. The van der Waals surface area contributed by atoms with Crippen LogP contribution in [0.4, 0.5) is 5.69 Å². The van der Waals surface area contributed by atoms with Gasteiger partial charge in [0.25, 0.3) is 0 Å². The van der Waals surface area contributed by atoms with Crippen molar-refractivity contribution >= 4 is 11.6 Å². The molecule has 0 radical (unpaired) electrons. The zero-order valence-electron chi connectivity index (χ0n) is 17.9. The van der Waals surface area contributed by atoms with Crippen LogP contribution in [0, 0.1) is 0 Å². The molecule has 3 rings (SSSR count). The topological polar surface area (TPSA) is 53.6 Å². The van der Waals surface area contributed by atoms with Crippen LogP contribution in [-0.4, -0.2) is 48.6 Å². The van der Waals surface area contributed by atoms with E-state index in [1.165, 1.54) is 64.5 Å². The van der Waals surface area contributed by atoms with Crippen LogP contribution in [0.25, 0.3) is 0 Å². The normalized spacial score (nSPS) is 20.4. The Morgan fingerprint density at radius 1 is 1.04 bits per heavy atom. The van der Waals surface area contributed by atoms with Crippen molar-refractivity contribution in [3.05, 3.63) is 24.3 Å². The summed E-state index contributed by atoms with van der Waals surface area (Å²) in [6.07, 6.45) is 10.2. The molecule has 1 aliphatic heterocycles. The molecule has 2 aliphatic rings. The highest BCUT2D eigenvalue weighted by Gasteiger charge is 2.39. The molecule has 0 unspecified atom stereocenters. The number of carbonyl (C=O) groups excluding carboxylic acids is 1. The Balaban J connectivity index is 1.62. The van der Waals surface area contributed by atoms with Crippen molar-refractivity contribution < 1.29 is 9.53 Å². The predicted molar refractivity (Wildman–Crippen MR) is 115 cm³/mol. The lowest BCUT2D eigenvalue weighted by Crippen LogP contribution is -2.60. The van der Waals surface area contributed by atoms with E-state index in [1.807, 2.05) is 38.1 Å². The van der Waals surface area contributed by atoms with E-state index in [4.69, 9.17) is 4.74 Å². The van der Waals surface area contributed by atoms with Crippen molar-refractivity contribution in [1.29, 1.82) is 0 Å². The molecule has 1 heterocycles. The summed E-state index contributed by atoms with van der Waals surface area (Å²) >= 11 is 0. The second-order valence-electron chi connectivity index (χ2n) is 8.99. The molecule has 0 bridgehead atoms. The Morgan fingerprint density at radius 2 is 1.64 bits per heavy atom. The largest absolute Gasteiger partial charge is 0.497 e. The predicted octanol–water partition coefficient (Wildman–Crippen LogP) is 4.19. The number of piperidine rings is 1. The maximum Gasteiger partial charge on any atom is 0.245 e. The summed E-state index contributed by atoms with van der Waals surface area (Å²) in [6.45, 7) is 7.02. The first-order chi connectivity index (χ1) is 13.5. The van der Waals surface area contributed by atoms with Crippen molar-refractivity contribution in [1.82, 2.24) is 10.2 Å². The first-order valence-corrected chi connectivity index (χ1v) is 10.9. The minimum absolute atomic E-state index is 0.0604. The monoisotopic (exact) mass is 387 g/mol. The summed E-state index contributed by atoms with van der Waals surface area (Å²) in [5.74, 6) is 0.874. The highest BCUT2D eigenvalue weighted by Crippen LogP contribution is 2.35. The van der Waals surface area contributed by atoms with E-state index >= 15 is 0 Å². The SMILES string of the molecule is COc1ccc(NC(C)(C)C(=O)NCC2(N3CCCCC3)CCCCC2)cc1. The molecule has 1 aliphatic carbocycles. The second kappa shape index (κ2) is 9.17. The number of benzene rings is 1. The maximum absolute atomic E-state index is 13.0. The van der Waals surface area contributed by atoms with E-state index in [0.29, 0.717) is 0 Å². The van der Waals surface area contributed by atoms with Crippen molar-refractivity contribution in [3.8, 4) is 5.75 Å². The minimum Gasteiger partial charge on any atom is -0.497 e. The maximum atomic E-state index is 13.0. The number of carbonyl (C=O) groups is 1. The molecule has 0 spiro atoms. The van der Waals surface area contributed by atoms with Crippen LogP contribution in [-0.2, 0) is 4.79 Å². The highest BCUT2D eigenvalue weighted by molar-refractivity contribution is 5.88. The number of hydrogen-bond acceptors (Lipinski definition) is 4. The summed E-state index contributed by atoms with van der Waals surface area (Å²) in [7, 11) is 1.66. The minimum atomic E-state index is -0.674. The van der Waals surface area contributed by atoms with Crippen molar-refractivity contribution in [2.45, 2.75) is 76.3 Å². The van der Waals surface area contributed by atoms with Gasteiger partial charge in [0.1, 0.15) is 11.3 Å². The lowest BCUT2D eigenvalue weighted by Gasteiger charge is -2.48. The van der Waals surface area contributed by atoms with Gasteiger partial charge < -0.3 is 15.4 Å². The van der Waals surface area contributed by atoms with Gasteiger partial charge in [-0.2, -0.15) is 0 Å². The van der Waals surface area contributed by atoms with Crippen LogP contribution in [0.2, 0.25) is 0 Å². The number of nitrogens with one attached hydrogen (secondary N) is 2. The van der Waals surface area contributed by atoms with Gasteiger partial charge in [0, 0.05) is 17.8 Å². The van der Waals surface area contributed by atoms with Gasteiger partial charge in [-0.3, -0.25) is 9.69 Å². The van der Waals surface area contributed by atoms with E-state index in [0.717, 1.165) is 18.0 Å². The number of rotatable bonds is 7. The quantitative estimate of drug-likeness (QED) is 0.737. The van der Waals surface area contributed by atoms with Gasteiger partial charge >= 0.3 is 0 Å². The lowest BCUT2D eigenvalue weighted by molar-refractivity contribution is -0.125. The van der Waals surface area contributed by atoms with E-state index in [9.17, 15) is 4.79 Å². The summed E-state index contributed by atoms with van der Waals surface area (Å²) in [6, 6.07) is 7.71. The Kier molecular flexibility index (Phi) is 6.86. The second-order valence-corrected chi connectivity index (χ2v) is 8.99. The Bertz CT molecular complexity index is 630. The fourth-order valence-corrected chi connectivity index (χ4v) is 4.74. The third kappa shape index (κ3) is 4.99. The molecular weight excluding hydrogens is 350 g/mol. The standard InChI is InChI=1S/C23H37N3O2/c1-22(2,25-19-10-12-20(28-3)13-11-19)21(27)24-18-23(14-6-4-7-15-23)26-16-8-5-9-17-26/h10-13,25H,4-9,14-18H2,1-3H3,(H,24,27). The smallest absolute Gasteiger partial charge is 0.245 e. The molecule has 5 nitrogen and oxygen atoms in total. The zero-order valence-corrected chi connectivity index (χ0v) is 17.9. The number of amides is 1. The fraction of sp³-hybridized carbons (Fsp3) is 0.696. The van der Waals surface area contributed by atoms with Gasteiger partial charge in [-0.15, -0.1) is 0 Å². The van der Waals surface area contributed by atoms with Gasteiger partial charge in [0.15, 0.2) is 0 Å². The number of hydrogen-bond donors (Lipinski definition) is 2. The van der Waals surface area contributed by atoms with Crippen molar-refractivity contribution in [2.75, 3.05) is 32.1 Å². The van der Waals surface area contributed by atoms with Crippen molar-refractivity contribution in [3.63, 3.8) is 0 Å². The van der Waals surface area contributed by atoms with E-state index < -0.39 is 5.54 Å². The summed E-state index contributed by atoms with van der Waals surface area (Å²) in [5, 5.41) is 6.67. The molecule has 28 heavy (non-hydrogen) atoms. The van der Waals surface area contributed by atoms with Crippen LogP contribution in [0.1, 0.15) is 65.2 Å². The summed E-state index contributed by atoms with van der Waals surface area (Å²) in [5.41, 5.74) is 0.404. The van der Waals surface area contributed by atoms with E-state index in [-0.39, 0.29) is 11.4 Å². The molecule has 156 valence electrons. The van der Waals surface area contributed by atoms with Crippen LogP contribution < -0.4 is 15.4 Å². The van der Waals surface area contributed by atoms with Gasteiger partial charge in [-0.1, -0.05) is 25.7 Å². The molecule has 1 aromatic carbocycles. The van der Waals surface area contributed by atoms with Crippen LogP contribution in [0.15, 0.2) is 24.3 Å². The van der Waals surface area contributed by atoms with Crippen LogP contribution in [0.3, 0.4) is 0 Å². The van der Waals surface area contributed by atoms with E-state index in [2.05, 4.69) is 15.5 Å². The van der Waals surface area contributed by atoms with Gasteiger partial charge in [-0.05, 0) is 76.9 Å². The molecule has 1 amide bonds. The summed E-state index contributed by atoms with van der Waals surface area (Å²) in [4.78, 5) is 15.7. The third-order valence-electron chi connectivity index (χ3n) is 6.50. The molecule has 0 atom stereocenters. The lowest BCUT2D eigenvalue weighted by atomic mass is 9.79. The first-order valence-electron chi connectivity index (χ1n) is 10.9. The van der Waals surface area contributed by atoms with Gasteiger partial charge in [0.2, 0.25) is 5.91 Å². The van der Waals surface area contributed by atoms with Crippen LogP contribution in [0.5, 0.6) is 5.75 Å². The number of likely N-dealkylation sites (tertiary alicyclic amines) is 1. The number of methoxy groups -OCH3 is 1. The molecule has 1 saturated carbocycles. The molecule has 1 aromatic rings. The molecule has 5 heteroatoms. The Morgan fingerprint density at radius 3 is 2.25 bits per heavy atom. The number of anilines is 1. The summed E-state index contributed by atoms with van der Waals surface area (Å²) < 4.78 is 5.21. The van der Waals surface area contributed by atoms with Crippen LogP contribution >= 0.6 is 0 Å². The number of nitrogens with zero attached hydrogens (tertiary/aromatic N) is 1. The van der Waals surface area contributed by atoms with Crippen molar-refractivity contribution in [2.24, 2.45) is 0 Å². The molecule has 2 N–H and O–H groups in total. The molecule has 2 fully saturated rings. The average molecular weight is 388 g/mol. The highest BCUT2D eigenvalue weighted by atomic mass is 16.5. The molecule has 0 aromatic heterocycles. The first kappa shape index (κ1) is 21.0. The molecular formula is C23H37N3O2. The average Bonchev–Trinajstić information content (AvgIpc) is 2.73.